The van der Waals surface area contributed by atoms with E-state index in [1.807, 2.05) is 20.8 Å². The molecule has 0 saturated carbocycles. The lowest BCUT2D eigenvalue weighted by atomic mass is 10.1. The molecule has 0 aliphatic carbocycles. The Morgan fingerprint density at radius 3 is 2.26 bits per heavy atom. The summed E-state index contributed by atoms with van der Waals surface area (Å²) in [7, 11) is -2.68. The molecule has 3 rings (SSSR count). The molecule has 0 bridgehead atoms. The Morgan fingerprint density at radius 1 is 0.974 bits per heavy atom. The molecule has 0 spiro atoms. The number of halogens is 1. The zero-order chi connectivity index (χ0) is 28.7. The van der Waals surface area contributed by atoms with Crippen molar-refractivity contribution in [2.24, 2.45) is 0 Å². The van der Waals surface area contributed by atoms with Crippen LogP contribution in [-0.2, 0) is 26.2 Å². The van der Waals surface area contributed by atoms with E-state index < -0.39 is 28.5 Å². The van der Waals surface area contributed by atoms with Gasteiger partial charge in [0.1, 0.15) is 18.3 Å². The molecule has 0 fully saturated rings. The highest BCUT2D eigenvalue weighted by molar-refractivity contribution is 7.92. The predicted molar refractivity (Wildman–Crippen MR) is 153 cm³/mol. The van der Waals surface area contributed by atoms with E-state index in [0.29, 0.717) is 16.3 Å². The molecule has 1 atom stereocenters. The molecule has 0 aliphatic heterocycles. The molecule has 0 unspecified atom stereocenters. The Morgan fingerprint density at radius 2 is 1.64 bits per heavy atom. The Kier molecular flexibility index (Phi) is 9.99. The highest BCUT2D eigenvalue weighted by Gasteiger charge is 2.32. The fourth-order valence-electron chi connectivity index (χ4n) is 3.95. The second-order valence-electron chi connectivity index (χ2n) is 9.52. The van der Waals surface area contributed by atoms with Crippen LogP contribution in [0.5, 0.6) is 5.75 Å². The number of benzene rings is 3. The molecule has 3 aromatic rings. The van der Waals surface area contributed by atoms with E-state index >= 15 is 0 Å². The summed E-state index contributed by atoms with van der Waals surface area (Å²) in [6.07, 6.45) is 0. The molecule has 2 amide bonds. The van der Waals surface area contributed by atoms with Crippen molar-refractivity contribution in [1.82, 2.24) is 10.2 Å². The maximum Gasteiger partial charge on any atom is 0.264 e. The zero-order valence-electron chi connectivity index (χ0n) is 22.7. The quantitative estimate of drug-likeness (QED) is 0.357. The van der Waals surface area contributed by atoms with Gasteiger partial charge < -0.3 is 15.0 Å². The van der Waals surface area contributed by atoms with Gasteiger partial charge in [-0.15, -0.1) is 0 Å². The summed E-state index contributed by atoms with van der Waals surface area (Å²) in [4.78, 5) is 28.3. The van der Waals surface area contributed by atoms with E-state index in [4.69, 9.17) is 16.3 Å². The van der Waals surface area contributed by atoms with Gasteiger partial charge in [0.15, 0.2) is 0 Å². The van der Waals surface area contributed by atoms with E-state index in [0.717, 1.165) is 9.87 Å². The maximum atomic E-state index is 13.9. The number of ether oxygens (including phenoxy) is 1. The van der Waals surface area contributed by atoms with Gasteiger partial charge in [0, 0.05) is 23.7 Å². The first kappa shape index (κ1) is 30.0. The number of nitrogens with one attached hydrogen (secondary N) is 1. The maximum absolute atomic E-state index is 13.9. The summed E-state index contributed by atoms with van der Waals surface area (Å²) in [6, 6.07) is 18.8. The summed E-state index contributed by atoms with van der Waals surface area (Å²) in [5.41, 5.74) is 1.86. The minimum atomic E-state index is -4.16. The van der Waals surface area contributed by atoms with Crippen LogP contribution in [0.2, 0.25) is 5.02 Å². The van der Waals surface area contributed by atoms with Gasteiger partial charge in [0.25, 0.3) is 10.0 Å². The number of hydrogen-bond donors (Lipinski definition) is 1. The third-order valence-corrected chi connectivity index (χ3v) is 8.09. The molecule has 0 aromatic heterocycles. The SMILES string of the molecule is COc1cccc(N(CC(=O)N(Cc2cccc(Cl)c2)[C@@H](C)C(=O)NC(C)C)S(=O)(=O)c2ccc(C)cc2)c1. The molecular weight excluding hydrogens is 538 g/mol. The number of carbonyl (C=O) groups is 2. The van der Waals surface area contributed by atoms with Crippen LogP contribution in [0.4, 0.5) is 5.69 Å². The number of carbonyl (C=O) groups excluding carboxylic acids is 2. The molecule has 1 N–H and O–H groups in total. The number of sulfonamides is 1. The lowest BCUT2D eigenvalue weighted by Gasteiger charge is -2.32. The Balaban J connectivity index is 2.05. The van der Waals surface area contributed by atoms with Gasteiger partial charge in [0.2, 0.25) is 11.8 Å². The Bertz CT molecular complexity index is 1410. The van der Waals surface area contributed by atoms with E-state index in [1.54, 1.807) is 67.6 Å². The number of hydrogen-bond acceptors (Lipinski definition) is 5. The second-order valence-corrected chi connectivity index (χ2v) is 11.8. The van der Waals surface area contributed by atoms with Gasteiger partial charge in [-0.25, -0.2) is 8.42 Å². The van der Waals surface area contributed by atoms with Crippen molar-refractivity contribution in [1.29, 1.82) is 0 Å². The van der Waals surface area contributed by atoms with Gasteiger partial charge in [-0.3, -0.25) is 13.9 Å². The largest absolute Gasteiger partial charge is 0.497 e. The summed E-state index contributed by atoms with van der Waals surface area (Å²) in [5, 5.41) is 3.31. The van der Waals surface area contributed by atoms with Crippen molar-refractivity contribution in [2.45, 2.75) is 51.2 Å². The highest BCUT2D eigenvalue weighted by Crippen LogP contribution is 2.28. The van der Waals surface area contributed by atoms with E-state index in [-0.39, 0.29) is 29.1 Å². The Hall–Kier alpha value is -3.56. The molecule has 3 aromatic carbocycles. The summed E-state index contributed by atoms with van der Waals surface area (Å²) in [6.45, 7) is 6.65. The number of nitrogens with zero attached hydrogens (tertiary/aromatic N) is 2. The van der Waals surface area contributed by atoms with Crippen molar-refractivity contribution >= 4 is 39.1 Å². The Labute approximate surface area is 235 Å². The van der Waals surface area contributed by atoms with Crippen LogP contribution in [0.3, 0.4) is 0 Å². The third kappa shape index (κ3) is 7.74. The van der Waals surface area contributed by atoms with Crippen molar-refractivity contribution in [3.05, 3.63) is 88.9 Å². The van der Waals surface area contributed by atoms with E-state index in [2.05, 4.69) is 5.32 Å². The van der Waals surface area contributed by atoms with Crippen LogP contribution in [0, 0.1) is 6.92 Å². The minimum Gasteiger partial charge on any atom is -0.497 e. The van der Waals surface area contributed by atoms with E-state index in [9.17, 15) is 18.0 Å². The first-order chi connectivity index (χ1) is 18.4. The van der Waals surface area contributed by atoms with Gasteiger partial charge in [0.05, 0.1) is 17.7 Å². The van der Waals surface area contributed by atoms with Crippen LogP contribution in [-0.4, -0.2) is 50.9 Å². The second kappa shape index (κ2) is 13.0. The molecule has 0 heterocycles. The van der Waals surface area contributed by atoms with Crippen molar-refractivity contribution in [3.8, 4) is 5.75 Å². The first-order valence-electron chi connectivity index (χ1n) is 12.5. The molecule has 10 heteroatoms. The van der Waals surface area contributed by atoms with Crippen molar-refractivity contribution < 1.29 is 22.7 Å². The fourth-order valence-corrected chi connectivity index (χ4v) is 5.57. The molecule has 0 radical (unpaired) electrons. The molecule has 0 aliphatic rings. The van der Waals surface area contributed by atoms with Gasteiger partial charge in [-0.1, -0.05) is 47.5 Å². The van der Waals surface area contributed by atoms with Gasteiger partial charge in [-0.2, -0.15) is 0 Å². The lowest BCUT2D eigenvalue weighted by molar-refractivity contribution is -0.139. The summed E-state index contributed by atoms with van der Waals surface area (Å²) in [5.74, 6) is -0.473. The third-order valence-electron chi connectivity index (χ3n) is 6.07. The minimum absolute atomic E-state index is 0.0377. The number of rotatable bonds is 11. The molecule has 8 nitrogen and oxygen atoms in total. The van der Waals surface area contributed by atoms with E-state index in [1.165, 1.54) is 24.1 Å². The monoisotopic (exact) mass is 571 g/mol. The first-order valence-corrected chi connectivity index (χ1v) is 14.3. The lowest BCUT2D eigenvalue weighted by Crippen LogP contribution is -2.52. The van der Waals surface area contributed by atoms with Crippen LogP contribution < -0.4 is 14.4 Å². The average molecular weight is 572 g/mol. The number of aryl methyl sites for hydroxylation is 1. The number of methoxy groups -OCH3 is 1. The van der Waals surface area contributed by atoms with Gasteiger partial charge in [-0.05, 0) is 69.7 Å². The van der Waals surface area contributed by atoms with Crippen LogP contribution in [0.25, 0.3) is 0 Å². The molecule has 208 valence electrons. The fraction of sp³-hybridized carbons (Fsp3) is 0.310. The normalized spacial score (nSPS) is 12.1. The molecule has 0 saturated heterocycles. The highest BCUT2D eigenvalue weighted by atomic mass is 35.5. The average Bonchev–Trinajstić information content (AvgIpc) is 2.89. The van der Waals surface area contributed by atoms with Crippen LogP contribution in [0.1, 0.15) is 31.9 Å². The van der Waals surface area contributed by atoms with Crippen molar-refractivity contribution in [3.63, 3.8) is 0 Å². The van der Waals surface area contributed by atoms with Gasteiger partial charge >= 0.3 is 0 Å². The predicted octanol–water partition coefficient (Wildman–Crippen LogP) is 4.79. The molecule has 39 heavy (non-hydrogen) atoms. The van der Waals surface area contributed by atoms with Crippen molar-refractivity contribution in [2.75, 3.05) is 18.0 Å². The topological polar surface area (TPSA) is 96.0 Å². The van der Waals surface area contributed by atoms with Crippen LogP contribution >= 0.6 is 11.6 Å². The summed E-state index contributed by atoms with van der Waals surface area (Å²) < 4.78 is 34.1. The smallest absolute Gasteiger partial charge is 0.264 e. The zero-order valence-corrected chi connectivity index (χ0v) is 24.3. The van der Waals surface area contributed by atoms with Crippen LogP contribution in [0.15, 0.2) is 77.7 Å². The number of amides is 2. The number of anilines is 1. The standard InChI is InChI=1S/C29H34ClN3O5S/c1-20(2)31-29(35)22(4)32(18-23-8-6-9-24(30)16-23)28(34)19-33(25-10-7-11-26(17-25)38-5)39(36,37)27-14-12-21(3)13-15-27/h6-17,20,22H,18-19H2,1-5H3,(H,31,35)/t22-/m0/s1. The molecular formula is C29H34ClN3O5S. The summed E-state index contributed by atoms with van der Waals surface area (Å²) >= 11 is 6.17.